The molecule has 1 heterocycles. The lowest BCUT2D eigenvalue weighted by Crippen LogP contribution is -2.32. The van der Waals surface area contributed by atoms with Gasteiger partial charge in [0.1, 0.15) is 0 Å². The van der Waals surface area contributed by atoms with Crippen LogP contribution in [0.4, 0.5) is 0 Å². The first-order chi connectivity index (χ1) is 8.27. The smallest absolute Gasteiger partial charge is 0.0480 e. The quantitative estimate of drug-likeness (QED) is 0.698. The van der Waals surface area contributed by atoms with Crippen molar-refractivity contribution < 1.29 is 4.74 Å². The van der Waals surface area contributed by atoms with Crippen LogP contribution in [0.1, 0.15) is 31.6 Å². The fourth-order valence-electron chi connectivity index (χ4n) is 1.69. The second kappa shape index (κ2) is 9.09. The molecular weight excluding hydrogens is 298 g/mol. The molecule has 4 heteroatoms. The van der Waals surface area contributed by atoms with Gasteiger partial charge in [-0.15, -0.1) is 11.3 Å². The summed E-state index contributed by atoms with van der Waals surface area (Å²) in [5.74, 6) is 0. The molecule has 0 amide bonds. The molecule has 1 atom stereocenters. The van der Waals surface area contributed by atoms with Crippen LogP contribution in [0.2, 0.25) is 0 Å². The Hall–Kier alpha value is 0.100. The van der Waals surface area contributed by atoms with Gasteiger partial charge in [-0.05, 0) is 60.1 Å². The lowest BCUT2D eigenvalue weighted by molar-refractivity contribution is 0.136. The second-order valence-electron chi connectivity index (χ2n) is 4.03. The van der Waals surface area contributed by atoms with E-state index < -0.39 is 0 Å². The van der Waals surface area contributed by atoms with Crippen LogP contribution in [0.15, 0.2) is 15.9 Å². The highest BCUT2D eigenvalue weighted by Crippen LogP contribution is 2.24. The molecule has 1 N–H and O–H groups in total. The van der Waals surface area contributed by atoms with Gasteiger partial charge in [-0.25, -0.2) is 0 Å². The summed E-state index contributed by atoms with van der Waals surface area (Å²) in [5, 5.41) is 5.74. The monoisotopic (exact) mass is 319 g/mol. The molecule has 98 valence electrons. The molecule has 0 aliphatic carbocycles. The number of ether oxygens (including phenoxy) is 1. The fourth-order valence-corrected chi connectivity index (χ4v) is 3.29. The Labute approximate surface area is 117 Å². The minimum atomic E-state index is 0.524. The highest BCUT2D eigenvalue weighted by Gasteiger charge is 2.11. The van der Waals surface area contributed by atoms with Gasteiger partial charge in [-0.1, -0.05) is 6.92 Å². The van der Waals surface area contributed by atoms with E-state index in [0.717, 1.165) is 32.6 Å². The third-order valence-corrected chi connectivity index (χ3v) is 4.57. The van der Waals surface area contributed by atoms with E-state index in [4.69, 9.17) is 4.74 Å². The van der Waals surface area contributed by atoms with Crippen molar-refractivity contribution >= 4 is 27.3 Å². The van der Waals surface area contributed by atoms with Crippen molar-refractivity contribution in [3.63, 3.8) is 0 Å². The Morgan fingerprint density at radius 2 is 2.29 bits per heavy atom. The van der Waals surface area contributed by atoms with Crippen molar-refractivity contribution in [1.82, 2.24) is 5.32 Å². The van der Waals surface area contributed by atoms with E-state index in [1.165, 1.54) is 15.8 Å². The van der Waals surface area contributed by atoms with Gasteiger partial charge in [0, 0.05) is 28.6 Å². The second-order valence-corrected chi connectivity index (χ2v) is 5.89. The van der Waals surface area contributed by atoms with Gasteiger partial charge in [-0.3, -0.25) is 0 Å². The molecule has 0 bridgehead atoms. The molecule has 1 aromatic rings. The van der Waals surface area contributed by atoms with Gasteiger partial charge in [0.15, 0.2) is 0 Å². The van der Waals surface area contributed by atoms with Gasteiger partial charge in [0.05, 0.1) is 0 Å². The Morgan fingerprint density at radius 3 is 2.88 bits per heavy atom. The lowest BCUT2D eigenvalue weighted by atomic mass is 10.1. The van der Waals surface area contributed by atoms with E-state index in [1.54, 1.807) is 0 Å². The molecule has 1 aromatic heterocycles. The van der Waals surface area contributed by atoms with E-state index in [0.29, 0.717) is 6.04 Å². The molecule has 1 unspecified atom stereocenters. The molecule has 0 fully saturated rings. The molecule has 1 rings (SSSR count). The maximum atomic E-state index is 5.45. The molecule has 0 aliphatic rings. The first-order valence-electron chi connectivity index (χ1n) is 6.30. The van der Waals surface area contributed by atoms with Crippen molar-refractivity contribution in [2.24, 2.45) is 0 Å². The van der Waals surface area contributed by atoms with Crippen molar-refractivity contribution in [3.05, 3.63) is 20.8 Å². The first kappa shape index (κ1) is 15.2. The maximum absolute atomic E-state index is 5.45. The van der Waals surface area contributed by atoms with Gasteiger partial charge >= 0.3 is 0 Å². The minimum Gasteiger partial charge on any atom is -0.382 e. The van der Waals surface area contributed by atoms with Gasteiger partial charge in [0.2, 0.25) is 0 Å². The zero-order valence-corrected chi connectivity index (χ0v) is 13.1. The third kappa shape index (κ3) is 6.00. The highest BCUT2D eigenvalue weighted by molar-refractivity contribution is 9.10. The SMILES string of the molecule is CCCNC(CCOCC)Cc1sccc1Br. The van der Waals surface area contributed by atoms with Crippen LogP contribution in [-0.4, -0.2) is 25.8 Å². The standard InChI is InChI=1S/C13H22BrNOS/c1-3-7-15-11(5-8-16-4-2)10-13-12(14)6-9-17-13/h6,9,11,15H,3-5,7-8,10H2,1-2H3. The molecule has 2 nitrogen and oxygen atoms in total. The Bertz CT molecular complexity index is 303. The fraction of sp³-hybridized carbons (Fsp3) is 0.692. The summed E-state index contributed by atoms with van der Waals surface area (Å²) in [4.78, 5) is 1.43. The van der Waals surface area contributed by atoms with E-state index in [-0.39, 0.29) is 0 Å². The summed E-state index contributed by atoms with van der Waals surface area (Å²) in [6.45, 7) is 6.99. The van der Waals surface area contributed by atoms with E-state index >= 15 is 0 Å². The summed E-state index contributed by atoms with van der Waals surface area (Å²) in [7, 11) is 0. The van der Waals surface area contributed by atoms with Crippen molar-refractivity contribution in [2.75, 3.05) is 19.8 Å². The van der Waals surface area contributed by atoms with Crippen molar-refractivity contribution in [1.29, 1.82) is 0 Å². The van der Waals surface area contributed by atoms with Gasteiger partial charge in [-0.2, -0.15) is 0 Å². The molecule has 0 spiro atoms. The van der Waals surface area contributed by atoms with Gasteiger partial charge in [0.25, 0.3) is 0 Å². The van der Waals surface area contributed by atoms with Crippen LogP contribution < -0.4 is 5.32 Å². The largest absolute Gasteiger partial charge is 0.382 e. The highest BCUT2D eigenvalue weighted by atomic mass is 79.9. The predicted molar refractivity (Wildman–Crippen MR) is 78.9 cm³/mol. The normalized spacial score (nSPS) is 12.9. The zero-order chi connectivity index (χ0) is 12.5. The van der Waals surface area contributed by atoms with Crippen LogP contribution in [0.5, 0.6) is 0 Å². The van der Waals surface area contributed by atoms with Gasteiger partial charge < -0.3 is 10.1 Å². The van der Waals surface area contributed by atoms with Crippen LogP contribution in [0, 0.1) is 0 Å². The number of hydrogen-bond donors (Lipinski definition) is 1. The number of halogens is 1. The number of rotatable bonds is 9. The summed E-state index contributed by atoms with van der Waals surface area (Å²) in [5.41, 5.74) is 0. The first-order valence-corrected chi connectivity index (χ1v) is 7.98. The van der Waals surface area contributed by atoms with Crippen LogP contribution >= 0.6 is 27.3 Å². The Balaban J connectivity index is 2.42. The minimum absolute atomic E-state index is 0.524. The molecule has 0 saturated heterocycles. The predicted octanol–water partition coefficient (Wildman–Crippen LogP) is 3.85. The molecule has 0 radical (unpaired) electrons. The topological polar surface area (TPSA) is 21.3 Å². The van der Waals surface area contributed by atoms with Crippen molar-refractivity contribution in [3.8, 4) is 0 Å². The summed E-state index contributed by atoms with van der Waals surface area (Å²) < 4.78 is 6.68. The van der Waals surface area contributed by atoms with E-state index in [2.05, 4.69) is 39.6 Å². The molecular formula is C13H22BrNOS. The van der Waals surface area contributed by atoms with Crippen molar-refractivity contribution in [2.45, 2.75) is 39.2 Å². The third-order valence-electron chi connectivity index (χ3n) is 2.62. The van der Waals surface area contributed by atoms with Crippen LogP contribution in [0.3, 0.4) is 0 Å². The molecule has 0 saturated carbocycles. The number of thiophene rings is 1. The molecule has 0 aromatic carbocycles. The average Bonchev–Trinajstić information content (AvgIpc) is 2.72. The molecule has 0 aliphatic heterocycles. The number of hydrogen-bond acceptors (Lipinski definition) is 3. The summed E-state index contributed by atoms with van der Waals surface area (Å²) in [6, 6.07) is 2.65. The average molecular weight is 320 g/mol. The Morgan fingerprint density at radius 1 is 1.47 bits per heavy atom. The summed E-state index contributed by atoms with van der Waals surface area (Å²) >= 11 is 5.42. The maximum Gasteiger partial charge on any atom is 0.0480 e. The van der Waals surface area contributed by atoms with E-state index in [1.807, 2.05) is 18.3 Å². The Kier molecular flexibility index (Phi) is 8.10. The summed E-state index contributed by atoms with van der Waals surface area (Å²) in [6.07, 6.45) is 3.35. The molecule has 17 heavy (non-hydrogen) atoms. The number of nitrogens with one attached hydrogen (secondary N) is 1. The van der Waals surface area contributed by atoms with E-state index in [9.17, 15) is 0 Å². The zero-order valence-electron chi connectivity index (χ0n) is 10.7. The van der Waals surface area contributed by atoms with Crippen LogP contribution in [0.25, 0.3) is 0 Å². The lowest BCUT2D eigenvalue weighted by Gasteiger charge is -2.18. The van der Waals surface area contributed by atoms with Crippen LogP contribution in [-0.2, 0) is 11.2 Å².